The highest BCUT2D eigenvalue weighted by Gasteiger charge is 2.32. The van der Waals surface area contributed by atoms with Gasteiger partial charge in [0.1, 0.15) is 5.82 Å². The van der Waals surface area contributed by atoms with E-state index in [1.165, 1.54) is 0 Å². The molecule has 1 atom stereocenters. The van der Waals surface area contributed by atoms with Crippen molar-refractivity contribution in [3.05, 3.63) is 87.1 Å². The summed E-state index contributed by atoms with van der Waals surface area (Å²) in [4.78, 5) is 25.2. The molecule has 1 aromatic heterocycles. The monoisotopic (exact) mass is 625 g/mol. The van der Waals surface area contributed by atoms with Crippen LogP contribution in [0.4, 0.5) is 5.69 Å². The van der Waals surface area contributed by atoms with Crippen LogP contribution >= 0.6 is 39.1 Å². The second-order valence-electron chi connectivity index (χ2n) is 10.3. The number of amides is 1. The van der Waals surface area contributed by atoms with E-state index in [1.54, 1.807) is 6.07 Å². The molecule has 39 heavy (non-hydrogen) atoms. The maximum Gasteiger partial charge on any atom is 0.227 e. The average Bonchev–Trinajstić information content (AvgIpc) is 3.32. The standard InChI is InChI=1S/C30H30BrCl2N5O/c31-22-7-10-24(11-8-22)38-27-6-2-1-5-26(27)34-29(38)20-35-13-3-4-21(19-35)30(39)37-16-14-36(15-17-37)28-18-23(32)9-12-25(28)33/h1-2,5-12,18,21H,3-4,13-17,19-20H2/t21-/m0/s1. The van der Waals surface area contributed by atoms with Crippen LogP contribution in [0.25, 0.3) is 16.7 Å². The van der Waals surface area contributed by atoms with Crippen molar-refractivity contribution in [2.24, 2.45) is 5.92 Å². The molecule has 0 unspecified atom stereocenters. The first-order chi connectivity index (χ1) is 19.0. The minimum atomic E-state index is 0.00515. The van der Waals surface area contributed by atoms with E-state index in [-0.39, 0.29) is 11.8 Å². The number of piperidine rings is 1. The van der Waals surface area contributed by atoms with Crippen LogP contribution < -0.4 is 4.90 Å². The number of carbonyl (C=O) groups is 1. The molecule has 6 rings (SSSR count). The molecule has 3 heterocycles. The number of halogens is 3. The van der Waals surface area contributed by atoms with Gasteiger partial charge in [-0.3, -0.25) is 14.3 Å². The number of hydrogen-bond donors (Lipinski definition) is 0. The lowest BCUT2D eigenvalue weighted by atomic mass is 9.96. The van der Waals surface area contributed by atoms with Crippen LogP contribution in [0.2, 0.25) is 10.0 Å². The molecular formula is C30H30BrCl2N5O. The summed E-state index contributed by atoms with van der Waals surface area (Å²) in [7, 11) is 0. The molecule has 0 saturated carbocycles. The van der Waals surface area contributed by atoms with E-state index in [9.17, 15) is 4.79 Å². The van der Waals surface area contributed by atoms with Crippen LogP contribution in [0.5, 0.6) is 0 Å². The molecule has 9 heteroatoms. The number of para-hydroxylation sites is 2. The maximum absolute atomic E-state index is 13.6. The Hall–Kier alpha value is -2.58. The van der Waals surface area contributed by atoms with Gasteiger partial charge in [0.05, 0.1) is 34.2 Å². The smallest absolute Gasteiger partial charge is 0.227 e. The molecule has 2 saturated heterocycles. The number of aromatic nitrogens is 2. The molecule has 2 aliphatic heterocycles. The molecule has 202 valence electrons. The summed E-state index contributed by atoms with van der Waals surface area (Å²) < 4.78 is 3.29. The van der Waals surface area contributed by atoms with Crippen molar-refractivity contribution in [3.63, 3.8) is 0 Å². The number of hydrogen-bond acceptors (Lipinski definition) is 4. The van der Waals surface area contributed by atoms with Gasteiger partial charge in [-0.15, -0.1) is 0 Å². The third-order valence-corrected chi connectivity index (χ3v) is 8.86. The average molecular weight is 627 g/mol. The molecule has 0 bridgehead atoms. The molecule has 0 N–H and O–H groups in total. The highest BCUT2D eigenvalue weighted by molar-refractivity contribution is 9.10. The lowest BCUT2D eigenvalue weighted by Gasteiger charge is -2.40. The van der Waals surface area contributed by atoms with E-state index >= 15 is 0 Å². The summed E-state index contributed by atoms with van der Waals surface area (Å²) in [5.41, 5.74) is 4.10. The normalized spacial score (nSPS) is 18.6. The van der Waals surface area contributed by atoms with Crippen molar-refractivity contribution in [2.45, 2.75) is 19.4 Å². The molecule has 0 spiro atoms. The zero-order valence-corrected chi connectivity index (χ0v) is 24.7. The summed E-state index contributed by atoms with van der Waals surface area (Å²) in [5, 5.41) is 1.36. The van der Waals surface area contributed by atoms with Gasteiger partial charge in [-0.05, 0) is 74.0 Å². The first-order valence-electron chi connectivity index (χ1n) is 13.4. The first-order valence-corrected chi connectivity index (χ1v) is 14.9. The lowest BCUT2D eigenvalue weighted by molar-refractivity contribution is -0.137. The quantitative estimate of drug-likeness (QED) is 0.249. The van der Waals surface area contributed by atoms with Crippen LogP contribution in [0, 0.1) is 5.92 Å². The highest BCUT2D eigenvalue weighted by atomic mass is 79.9. The Morgan fingerprint density at radius 1 is 0.949 bits per heavy atom. The predicted octanol–water partition coefficient (Wildman–Crippen LogP) is 6.66. The largest absolute Gasteiger partial charge is 0.367 e. The van der Waals surface area contributed by atoms with Gasteiger partial charge in [0.2, 0.25) is 5.91 Å². The predicted molar refractivity (Wildman–Crippen MR) is 162 cm³/mol. The number of rotatable bonds is 5. The minimum absolute atomic E-state index is 0.00515. The number of fused-ring (bicyclic) bond motifs is 1. The van der Waals surface area contributed by atoms with E-state index in [0.717, 1.165) is 71.7 Å². The molecule has 4 aromatic rings. The number of likely N-dealkylation sites (tertiary alicyclic amines) is 1. The Balaban J connectivity index is 1.14. The van der Waals surface area contributed by atoms with Gasteiger partial charge in [-0.2, -0.15) is 0 Å². The third kappa shape index (κ3) is 5.68. The van der Waals surface area contributed by atoms with Crippen LogP contribution in [0.3, 0.4) is 0 Å². The third-order valence-electron chi connectivity index (χ3n) is 7.78. The molecular weight excluding hydrogens is 597 g/mol. The van der Waals surface area contributed by atoms with Gasteiger partial charge in [-0.25, -0.2) is 4.98 Å². The number of benzene rings is 3. The van der Waals surface area contributed by atoms with Gasteiger partial charge < -0.3 is 9.80 Å². The van der Waals surface area contributed by atoms with E-state index < -0.39 is 0 Å². The van der Waals surface area contributed by atoms with Crippen LogP contribution in [0.15, 0.2) is 71.2 Å². The van der Waals surface area contributed by atoms with Crippen LogP contribution in [0.1, 0.15) is 18.7 Å². The number of imidazole rings is 1. The maximum atomic E-state index is 13.6. The minimum Gasteiger partial charge on any atom is -0.367 e. The fourth-order valence-corrected chi connectivity index (χ4v) is 6.48. The number of carbonyl (C=O) groups excluding carboxylic acids is 1. The number of piperazine rings is 1. The molecule has 0 aliphatic carbocycles. The van der Waals surface area contributed by atoms with Gasteiger partial charge in [0, 0.05) is 47.9 Å². The Labute approximate surface area is 247 Å². The molecule has 2 aliphatic rings. The zero-order chi connectivity index (χ0) is 26.9. The highest BCUT2D eigenvalue weighted by Crippen LogP contribution is 2.31. The van der Waals surface area contributed by atoms with Crippen molar-refractivity contribution in [1.29, 1.82) is 0 Å². The van der Waals surface area contributed by atoms with Gasteiger partial charge in [-0.1, -0.05) is 51.3 Å². The van der Waals surface area contributed by atoms with Crippen LogP contribution in [-0.2, 0) is 11.3 Å². The molecule has 6 nitrogen and oxygen atoms in total. The summed E-state index contributed by atoms with van der Waals surface area (Å²) in [6.45, 7) is 5.31. The van der Waals surface area contributed by atoms with Gasteiger partial charge in [0.15, 0.2) is 0 Å². The van der Waals surface area contributed by atoms with E-state index in [2.05, 4.69) is 72.8 Å². The van der Waals surface area contributed by atoms with Crippen molar-refractivity contribution in [3.8, 4) is 5.69 Å². The Bertz CT molecular complexity index is 1480. The second kappa shape index (κ2) is 11.5. The van der Waals surface area contributed by atoms with Crippen molar-refractivity contribution in [1.82, 2.24) is 19.4 Å². The van der Waals surface area contributed by atoms with Crippen molar-refractivity contribution in [2.75, 3.05) is 44.2 Å². The summed E-state index contributed by atoms with van der Waals surface area (Å²) in [6, 6.07) is 22.1. The molecule has 1 amide bonds. The molecule has 2 fully saturated rings. The van der Waals surface area contributed by atoms with Gasteiger partial charge >= 0.3 is 0 Å². The fourth-order valence-electron chi connectivity index (χ4n) is 5.82. The second-order valence-corrected chi connectivity index (χ2v) is 12.1. The number of anilines is 1. The van der Waals surface area contributed by atoms with Gasteiger partial charge in [0.25, 0.3) is 0 Å². The van der Waals surface area contributed by atoms with E-state index in [1.807, 2.05) is 23.1 Å². The lowest BCUT2D eigenvalue weighted by Crippen LogP contribution is -2.52. The SMILES string of the molecule is O=C([C@H]1CCCN(Cc2nc3ccccc3n2-c2ccc(Br)cc2)C1)N1CCN(c2cc(Cl)ccc2Cl)CC1. The summed E-state index contributed by atoms with van der Waals surface area (Å²) in [6.07, 6.45) is 1.94. The van der Waals surface area contributed by atoms with E-state index in [0.29, 0.717) is 29.7 Å². The van der Waals surface area contributed by atoms with Crippen LogP contribution in [-0.4, -0.2) is 64.5 Å². The van der Waals surface area contributed by atoms with Crippen molar-refractivity contribution < 1.29 is 4.79 Å². The summed E-state index contributed by atoms with van der Waals surface area (Å²) >= 11 is 16.2. The zero-order valence-electron chi connectivity index (χ0n) is 21.6. The Morgan fingerprint density at radius 2 is 1.72 bits per heavy atom. The van der Waals surface area contributed by atoms with Crippen molar-refractivity contribution >= 4 is 61.8 Å². The number of nitrogens with zero attached hydrogens (tertiary/aromatic N) is 5. The fraction of sp³-hybridized carbons (Fsp3) is 0.333. The topological polar surface area (TPSA) is 44.6 Å². The van der Waals surface area contributed by atoms with E-state index in [4.69, 9.17) is 28.2 Å². The Morgan fingerprint density at radius 3 is 2.51 bits per heavy atom. The first kappa shape index (κ1) is 26.6. The summed E-state index contributed by atoms with van der Waals surface area (Å²) in [5.74, 6) is 1.27. The molecule has 0 radical (unpaired) electrons. The Kier molecular flexibility index (Phi) is 7.85. The molecule has 3 aromatic carbocycles.